The molecule has 0 aliphatic rings. The highest BCUT2D eigenvalue weighted by Crippen LogP contribution is 2.27. The van der Waals surface area contributed by atoms with Gasteiger partial charge in [-0.05, 0) is 30.3 Å². The Hall–Kier alpha value is -4.27. The van der Waals surface area contributed by atoms with E-state index in [-0.39, 0.29) is 18.0 Å². The third kappa shape index (κ3) is 3.46. The van der Waals surface area contributed by atoms with Crippen LogP contribution < -0.4 is 5.32 Å². The number of nitrogens with zero attached hydrogens (tertiary/aromatic N) is 3. The first kappa shape index (κ1) is 18.7. The van der Waals surface area contributed by atoms with E-state index in [2.05, 4.69) is 25.3 Å². The minimum absolute atomic E-state index is 0.0783. The first-order valence-electron chi connectivity index (χ1n) is 9.47. The van der Waals surface area contributed by atoms with Crippen molar-refractivity contribution in [1.29, 1.82) is 0 Å². The molecule has 0 aliphatic heterocycles. The van der Waals surface area contributed by atoms with Crippen molar-refractivity contribution in [2.75, 3.05) is 0 Å². The van der Waals surface area contributed by atoms with Gasteiger partial charge in [0.1, 0.15) is 11.5 Å². The molecule has 9 heteroatoms. The molecule has 0 saturated heterocycles. The zero-order valence-corrected chi connectivity index (χ0v) is 16.1. The lowest BCUT2D eigenvalue weighted by Gasteiger charge is -2.07. The third-order valence-corrected chi connectivity index (χ3v) is 4.91. The first-order valence-corrected chi connectivity index (χ1v) is 9.47. The molecule has 0 radical (unpaired) electrons. The maximum atomic E-state index is 14.2. The zero-order chi connectivity index (χ0) is 21.4. The van der Waals surface area contributed by atoms with Crippen LogP contribution in [0.3, 0.4) is 0 Å². The number of amides is 1. The number of carbonyl (C=O) groups is 1. The quantitative estimate of drug-likeness (QED) is 0.404. The van der Waals surface area contributed by atoms with Gasteiger partial charge in [-0.3, -0.25) is 9.36 Å². The van der Waals surface area contributed by atoms with E-state index >= 15 is 0 Å². The number of fused-ring (bicyclic) bond motifs is 1. The summed E-state index contributed by atoms with van der Waals surface area (Å²) in [5.41, 5.74) is 3.03. The average molecular weight is 418 g/mol. The van der Waals surface area contributed by atoms with Crippen LogP contribution in [0.1, 0.15) is 16.3 Å². The smallest absolute Gasteiger partial charge is 0.268 e. The SMILES string of the molecule is O=C(NCc1nc2ccccc2[nH]1)c1cc(-n2cncc2-c2cccc(F)c2F)c[nH]1. The normalized spacial score (nSPS) is 11.2. The molecule has 0 aliphatic carbocycles. The number of nitrogens with one attached hydrogen (secondary N) is 3. The van der Waals surface area contributed by atoms with E-state index in [1.807, 2.05) is 24.3 Å². The van der Waals surface area contributed by atoms with E-state index in [4.69, 9.17) is 0 Å². The van der Waals surface area contributed by atoms with Gasteiger partial charge in [0, 0.05) is 11.8 Å². The molecule has 2 aromatic carbocycles. The Bertz CT molecular complexity index is 1370. The van der Waals surface area contributed by atoms with Crippen LogP contribution >= 0.6 is 0 Å². The van der Waals surface area contributed by atoms with Crippen molar-refractivity contribution in [3.8, 4) is 16.9 Å². The fourth-order valence-corrected chi connectivity index (χ4v) is 3.40. The average Bonchev–Trinajstić information content (AvgIpc) is 3.52. The zero-order valence-electron chi connectivity index (χ0n) is 16.1. The molecule has 3 aromatic heterocycles. The molecule has 3 heterocycles. The lowest BCUT2D eigenvalue weighted by Crippen LogP contribution is -2.23. The van der Waals surface area contributed by atoms with Crippen molar-refractivity contribution < 1.29 is 13.6 Å². The Morgan fingerprint density at radius 1 is 1.13 bits per heavy atom. The monoisotopic (exact) mass is 418 g/mol. The predicted molar refractivity (Wildman–Crippen MR) is 111 cm³/mol. The summed E-state index contributed by atoms with van der Waals surface area (Å²) in [5, 5.41) is 2.80. The largest absolute Gasteiger partial charge is 0.355 e. The van der Waals surface area contributed by atoms with Gasteiger partial charge in [0.15, 0.2) is 11.6 Å². The molecule has 0 spiro atoms. The number of halogens is 2. The second kappa shape index (κ2) is 7.52. The highest BCUT2D eigenvalue weighted by atomic mass is 19.2. The number of hydrogen-bond acceptors (Lipinski definition) is 3. The molecule has 0 bridgehead atoms. The van der Waals surface area contributed by atoms with Gasteiger partial charge >= 0.3 is 0 Å². The fourth-order valence-electron chi connectivity index (χ4n) is 3.40. The molecule has 0 unspecified atom stereocenters. The molecule has 31 heavy (non-hydrogen) atoms. The van der Waals surface area contributed by atoms with Crippen LogP contribution in [0.4, 0.5) is 8.78 Å². The summed E-state index contributed by atoms with van der Waals surface area (Å²) in [6, 6.07) is 13.2. The number of imidazole rings is 2. The number of aromatic amines is 2. The summed E-state index contributed by atoms with van der Waals surface area (Å²) in [5.74, 6) is -1.58. The van der Waals surface area contributed by atoms with Crippen LogP contribution in [0.2, 0.25) is 0 Å². The molecule has 7 nitrogen and oxygen atoms in total. The maximum Gasteiger partial charge on any atom is 0.268 e. The van der Waals surface area contributed by atoms with Gasteiger partial charge < -0.3 is 15.3 Å². The van der Waals surface area contributed by atoms with Crippen LogP contribution in [0.15, 0.2) is 67.3 Å². The van der Waals surface area contributed by atoms with Crippen LogP contribution in [-0.4, -0.2) is 30.4 Å². The van der Waals surface area contributed by atoms with Crippen molar-refractivity contribution in [2.45, 2.75) is 6.54 Å². The van der Waals surface area contributed by atoms with Gasteiger partial charge in [-0.15, -0.1) is 0 Å². The number of aromatic nitrogens is 5. The molecule has 5 aromatic rings. The predicted octanol–water partition coefficient (Wildman–Crippen LogP) is 3.95. The fraction of sp³-hybridized carbons (Fsp3) is 0.0455. The van der Waals surface area contributed by atoms with Crippen LogP contribution in [0, 0.1) is 11.6 Å². The van der Waals surface area contributed by atoms with Crippen LogP contribution in [0.25, 0.3) is 28.0 Å². The molecular formula is C22H16F2N6O. The summed E-state index contributed by atoms with van der Waals surface area (Å²) >= 11 is 0. The Morgan fingerprint density at radius 3 is 2.87 bits per heavy atom. The standard InChI is InChI=1S/C22H16F2N6O/c23-15-5-3-4-14(21(15)24)19-10-25-12-30(19)13-8-18(26-9-13)22(31)27-11-20-28-16-6-1-2-7-17(16)29-20/h1-10,12,26H,11H2,(H,27,31)(H,28,29). The number of para-hydroxylation sites is 2. The Labute approximate surface area is 174 Å². The van der Waals surface area contributed by atoms with Gasteiger partial charge in [0.2, 0.25) is 0 Å². The van der Waals surface area contributed by atoms with Gasteiger partial charge in [-0.25, -0.2) is 18.7 Å². The third-order valence-electron chi connectivity index (χ3n) is 4.91. The maximum absolute atomic E-state index is 14.2. The van der Waals surface area contributed by atoms with Gasteiger partial charge in [-0.2, -0.15) is 0 Å². The molecule has 0 atom stereocenters. The Balaban J connectivity index is 1.35. The molecule has 5 rings (SSSR count). The number of H-pyrrole nitrogens is 2. The van der Waals surface area contributed by atoms with Crippen molar-refractivity contribution in [3.63, 3.8) is 0 Å². The van der Waals surface area contributed by atoms with Gasteiger partial charge in [0.05, 0.1) is 41.5 Å². The Morgan fingerprint density at radius 2 is 2.00 bits per heavy atom. The highest BCUT2D eigenvalue weighted by molar-refractivity contribution is 5.93. The molecule has 0 saturated carbocycles. The summed E-state index contributed by atoms with van der Waals surface area (Å²) < 4.78 is 29.4. The van der Waals surface area contributed by atoms with Crippen LogP contribution in [0.5, 0.6) is 0 Å². The molecule has 0 fully saturated rings. The molecule has 1 amide bonds. The minimum Gasteiger partial charge on any atom is -0.355 e. The van der Waals surface area contributed by atoms with Crippen molar-refractivity contribution in [1.82, 2.24) is 29.8 Å². The van der Waals surface area contributed by atoms with E-state index in [0.717, 1.165) is 17.1 Å². The van der Waals surface area contributed by atoms with E-state index in [1.165, 1.54) is 24.7 Å². The second-order valence-electron chi connectivity index (χ2n) is 6.91. The van der Waals surface area contributed by atoms with Crippen molar-refractivity contribution >= 4 is 16.9 Å². The van der Waals surface area contributed by atoms with E-state index in [1.54, 1.807) is 16.8 Å². The number of rotatable bonds is 5. The van der Waals surface area contributed by atoms with E-state index < -0.39 is 11.6 Å². The lowest BCUT2D eigenvalue weighted by atomic mass is 10.1. The number of hydrogen-bond donors (Lipinski definition) is 3. The van der Waals surface area contributed by atoms with Crippen LogP contribution in [-0.2, 0) is 6.54 Å². The number of benzene rings is 2. The molecular weight excluding hydrogens is 402 g/mol. The van der Waals surface area contributed by atoms with Crippen molar-refractivity contribution in [3.05, 3.63) is 90.4 Å². The highest BCUT2D eigenvalue weighted by Gasteiger charge is 2.16. The second-order valence-corrected chi connectivity index (χ2v) is 6.91. The van der Waals surface area contributed by atoms with Gasteiger partial charge in [-0.1, -0.05) is 18.2 Å². The summed E-state index contributed by atoms with van der Waals surface area (Å²) in [7, 11) is 0. The topological polar surface area (TPSA) is 91.4 Å². The molecule has 154 valence electrons. The van der Waals surface area contributed by atoms with E-state index in [0.29, 0.717) is 22.9 Å². The lowest BCUT2D eigenvalue weighted by molar-refractivity contribution is 0.0945. The summed E-state index contributed by atoms with van der Waals surface area (Å²) in [6.45, 7) is 0.229. The van der Waals surface area contributed by atoms with E-state index in [9.17, 15) is 13.6 Å². The summed E-state index contributed by atoms with van der Waals surface area (Å²) in [6.07, 6.45) is 4.50. The first-order chi connectivity index (χ1) is 15.1. The Kier molecular flexibility index (Phi) is 4.55. The van der Waals surface area contributed by atoms with Crippen molar-refractivity contribution in [2.24, 2.45) is 0 Å². The number of carbonyl (C=O) groups excluding carboxylic acids is 1. The molecule has 3 N–H and O–H groups in total. The minimum atomic E-state index is -0.955. The summed E-state index contributed by atoms with van der Waals surface area (Å²) in [4.78, 5) is 27.1. The van der Waals surface area contributed by atoms with Gasteiger partial charge in [0.25, 0.3) is 5.91 Å².